The monoisotopic (exact) mass is 159 g/mol. The predicted molar refractivity (Wildman–Crippen MR) is 41.8 cm³/mol. The van der Waals surface area contributed by atoms with Crippen LogP contribution in [0.15, 0.2) is 0 Å². The average Bonchev–Trinajstić information content (AvgIpc) is 1.79. The number of aliphatic hydroxyl groups excluding tert-OH is 1. The smallest absolute Gasteiger partial charge is 0.198 e. The van der Waals surface area contributed by atoms with Gasteiger partial charge in [0.2, 0.25) is 0 Å². The normalized spacial score (nSPS) is 14.5. The first-order valence-electron chi connectivity index (χ1n) is 3.71. The van der Waals surface area contributed by atoms with E-state index in [1.165, 1.54) is 0 Å². The van der Waals surface area contributed by atoms with Crippen LogP contribution in [0.1, 0.15) is 33.1 Å². The fraction of sp³-hybridized carbons (Fsp3) is 0.875. The third-order valence-electron chi connectivity index (χ3n) is 1.31. The summed E-state index contributed by atoms with van der Waals surface area (Å²) in [7, 11) is 0. The third kappa shape index (κ3) is 7.49. The van der Waals surface area contributed by atoms with E-state index in [2.05, 4.69) is 0 Å². The molecule has 1 unspecified atom stereocenters. The van der Waals surface area contributed by atoms with Crippen LogP contribution in [0.2, 0.25) is 0 Å². The Balaban J connectivity index is 3.51. The number of hydrogen-bond donors (Lipinski definition) is 2. The first-order chi connectivity index (χ1) is 4.95. The van der Waals surface area contributed by atoms with E-state index in [4.69, 9.17) is 0 Å². The van der Waals surface area contributed by atoms with E-state index in [1.807, 2.05) is 0 Å². The minimum Gasteiger partial charge on any atom is -0.393 e. The van der Waals surface area contributed by atoms with Crippen LogP contribution < -0.4 is 0 Å². The summed E-state index contributed by atoms with van der Waals surface area (Å²) in [5.41, 5.74) is -0.859. The molecular formula is C8H15O3. The topological polar surface area (TPSA) is 57.5 Å². The Kier molecular flexibility index (Phi) is 4.30. The molecule has 0 amide bonds. The lowest BCUT2D eigenvalue weighted by molar-refractivity contribution is 0.0165. The molecule has 0 aliphatic carbocycles. The van der Waals surface area contributed by atoms with Crippen molar-refractivity contribution in [3.05, 3.63) is 0 Å². The van der Waals surface area contributed by atoms with Crippen LogP contribution in [0, 0.1) is 0 Å². The number of rotatable bonds is 5. The van der Waals surface area contributed by atoms with Gasteiger partial charge in [-0.3, -0.25) is 4.79 Å². The molecule has 0 aromatic carbocycles. The summed E-state index contributed by atoms with van der Waals surface area (Å²) in [6.07, 6.45) is 2.01. The molecule has 0 spiro atoms. The molecule has 0 rings (SSSR count). The lowest BCUT2D eigenvalue weighted by atomic mass is 9.98. The molecule has 1 atom stereocenters. The Morgan fingerprint density at radius 2 is 2.09 bits per heavy atom. The molecule has 0 aromatic rings. The van der Waals surface area contributed by atoms with Crippen LogP contribution >= 0.6 is 0 Å². The van der Waals surface area contributed by atoms with Gasteiger partial charge in [-0.05, 0) is 20.3 Å². The van der Waals surface area contributed by atoms with Crippen molar-refractivity contribution >= 4 is 6.29 Å². The summed E-state index contributed by atoms with van der Waals surface area (Å²) in [6.45, 7) is 3.25. The molecule has 0 bridgehead atoms. The maximum Gasteiger partial charge on any atom is 0.198 e. The van der Waals surface area contributed by atoms with Gasteiger partial charge in [-0.15, -0.1) is 0 Å². The molecule has 0 aromatic heterocycles. The second-order valence-corrected chi connectivity index (χ2v) is 3.35. The maximum atomic E-state index is 9.78. The van der Waals surface area contributed by atoms with Crippen molar-refractivity contribution < 1.29 is 15.0 Å². The summed E-state index contributed by atoms with van der Waals surface area (Å²) in [5, 5.41) is 18.4. The van der Waals surface area contributed by atoms with Gasteiger partial charge in [0.1, 0.15) is 0 Å². The lowest BCUT2D eigenvalue weighted by Gasteiger charge is -2.20. The summed E-state index contributed by atoms with van der Waals surface area (Å²) < 4.78 is 0. The lowest BCUT2D eigenvalue weighted by Crippen LogP contribution is -2.26. The number of carbonyl (C=O) groups excluding carboxylic acids is 1. The van der Waals surface area contributed by atoms with Crippen molar-refractivity contribution in [1.29, 1.82) is 0 Å². The van der Waals surface area contributed by atoms with Gasteiger partial charge in [-0.2, -0.15) is 0 Å². The highest BCUT2D eigenvalue weighted by molar-refractivity contribution is 5.50. The summed E-state index contributed by atoms with van der Waals surface area (Å²) >= 11 is 0. The number of aliphatic hydroxyl groups is 2. The Morgan fingerprint density at radius 1 is 1.55 bits per heavy atom. The van der Waals surface area contributed by atoms with E-state index < -0.39 is 11.7 Å². The Bertz CT molecular complexity index is 115. The molecule has 11 heavy (non-hydrogen) atoms. The van der Waals surface area contributed by atoms with Gasteiger partial charge in [-0.1, -0.05) is 0 Å². The molecule has 0 heterocycles. The van der Waals surface area contributed by atoms with E-state index >= 15 is 0 Å². The molecule has 2 N–H and O–H groups in total. The second kappa shape index (κ2) is 4.46. The van der Waals surface area contributed by atoms with Gasteiger partial charge in [0.05, 0.1) is 11.7 Å². The van der Waals surface area contributed by atoms with Crippen molar-refractivity contribution in [2.45, 2.75) is 44.8 Å². The summed E-state index contributed by atoms with van der Waals surface area (Å²) in [4.78, 5) is 9.78. The van der Waals surface area contributed by atoms with E-state index in [0.29, 0.717) is 12.8 Å². The van der Waals surface area contributed by atoms with Crippen LogP contribution in [-0.2, 0) is 4.79 Å². The molecule has 0 fully saturated rings. The van der Waals surface area contributed by atoms with Crippen LogP contribution in [0.4, 0.5) is 0 Å². The minimum atomic E-state index is -0.859. The zero-order valence-electron chi connectivity index (χ0n) is 7.00. The first-order valence-corrected chi connectivity index (χ1v) is 3.71. The summed E-state index contributed by atoms with van der Waals surface area (Å²) in [5.74, 6) is 0. The van der Waals surface area contributed by atoms with Crippen LogP contribution in [0.5, 0.6) is 0 Å². The molecule has 0 saturated carbocycles. The van der Waals surface area contributed by atoms with E-state index in [9.17, 15) is 15.0 Å². The van der Waals surface area contributed by atoms with Crippen molar-refractivity contribution in [1.82, 2.24) is 0 Å². The first kappa shape index (κ1) is 10.6. The molecule has 0 aliphatic rings. The fourth-order valence-corrected chi connectivity index (χ4v) is 0.904. The highest BCUT2D eigenvalue weighted by Crippen LogP contribution is 2.13. The van der Waals surface area contributed by atoms with Gasteiger partial charge < -0.3 is 10.2 Å². The Morgan fingerprint density at radius 3 is 2.45 bits per heavy atom. The van der Waals surface area contributed by atoms with Crippen molar-refractivity contribution in [2.75, 3.05) is 0 Å². The SMILES string of the molecule is CC(C)(O)CC(O)CC[C]=O. The van der Waals surface area contributed by atoms with E-state index in [1.54, 1.807) is 20.1 Å². The van der Waals surface area contributed by atoms with Crippen molar-refractivity contribution in [2.24, 2.45) is 0 Å². The third-order valence-corrected chi connectivity index (χ3v) is 1.31. The molecule has 65 valence electrons. The van der Waals surface area contributed by atoms with Crippen LogP contribution in [0.25, 0.3) is 0 Å². The van der Waals surface area contributed by atoms with Crippen molar-refractivity contribution in [3.8, 4) is 0 Å². The molecule has 3 heteroatoms. The minimum absolute atomic E-state index is 0.233. The van der Waals surface area contributed by atoms with Crippen LogP contribution in [0.3, 0.4) is 0 Å². The standard InChI is InChI=1S/C8H15O3/c1-8(2,11)6-7(10)4-3-5-9/h7,10-11H,3-4,6H2,1-2H3. The van der Waals surface area contributed by atoms with Gasteiger partial charge >= 0.3 is 0 Å². The van der Waals surface area contributed by atoms with Crippen molar-refractivity contribution in [3.63, 3.8) is 0 Å². The van der Waals surface area contributed by atoms with E-state index in [0.717, 1.165) is 0 Å². The average molecular weight is 159 g/mol. The maximum absolute atomic E-state index is 9.78. The zero-order valence-corrected chi connectivity index (χ0v) is 7.00. The molecule has 3 nitrogen and oxygen atoms in total. The van der Waals surface area contributed by atoms with E-state index in [-0.39, 0.29) is 6.42 Å². The summed E-state index contributed by atoms with van der Waals surface area (Å²) in [6, 6.07) is 0. The predicted octanol–water partition coefficient (Wildman–Crippen LogP) is 0.398. The van der Waals surface area contributed by atoms with Gasteiger partial charge in [0.15, 0.2) is 6.29 Å². The van der Waals surface area contributed by atoms with Gasteiger partial charge in [-0.25, -0.2) is 0 Å². The fourth-order valence-electron chi connectivity index (χ4n) is 0.904. The molecule has 0 saturated heterocycles. The molecule has 0 aliphatic heterocycles. The number of hydrogen-bond acceptors (Lipinski definition) is 3. The van der Waals surface area contributed by atoms with Gasteiger partial charge in [0, 0.05) is 12.8 Å². The highest BCUT2D eigenvalue weighted by atomic mass is 16.3. The Hall–Kier alpha value is -0.410. The van der Waals surface area contributed by atoms with Crippen LogP contribution in [-0.4, -0.2) is 28.2 Å². The zero-order chi connectivity index (χ0) is 8.91. The molecule has 1 radical (unpaired) electrons. The molecular weight excluding hydrogens is 144 g/mol. The Labute approximate surface area is 67.0 Å². The second-order valence-electron chi connectivity index (χ2n) is 3.35. The van der Waals surface area contributed by atoms with Gasteiger partial charge in [0.25, 0.3) is 0 Å². The largest absolute Gasteiger partial charge is 0.393 e. The highest BCUT2D eigenvalue weighted by Gasteiger charge is 2.17. The quantitative estimate of drug-likeness (QED) is 0.610.